The van der Waals surface area contributed by atoms with Crippen LogP contribution in [0.15, 0.2) is 79.0 Å². The fraction of sp³-hybridized carbons (Fsp3) is 0.160. The summed E-state index contributed by atoms with van der Waals surface area (Å²) in [6, 6.07) is 22.0. The number of halogens is 1. The number of hydrogen-bond acceptors (Lipinski definition) is 2. The lowest BCUT2D eigenvalue weighted by atomic mass is 9.90. The number of ether oxygens (including phenoxy) is 1. The third-order valence-electron chi connectivity index (χ3n) is 5.30. The summed E-state index contributed by atoms with van der Waals surface area (Å²) >= 11 is 0. The summed E-state index contributed by atoms with van der Waals surface area (Å²) < 4.78 is 18.4. The first kappa shape index (κ1) is 19.7. The van der Waals surface area contributed by atoms with Gasteiger partial charge in [0.05, 0.1) is 13.5 Å². The number of amides is 1. The SMILES string of the molecule is COc1ccc(C(CNC(=O)Cc2ccc(F)cc2)c2c[nH]c3ccccc23)cc1. The fourth-order valence-electron chi connectivity index (χ4n) is 3.69. The Morgan fingerprint density at radius 1 is 1.03 bits per heavy atom. The minimum Gasteiger partial charge on any atom is -0.497 e. The highest BCUT2D eigenvalue weighted by atomic mass is 19.1. The normalized spacial score (nSPS) is 11.9. The number of hydrogen-bond donors (Lipinski definition) is 2. The summed E-state index contributed by atoms with van der Waals surface area (Å²) in [5.41, 5.74) is 4.05. The number of carbonyl (C=O) groups excluding carboxylic acids is 1. The molecule has 0 bridgehead atoms. The van der Waals surface area contributed by atoms with Gasteiger partial charge >= 0.3 is 0 Å². The van der Waals surface area contributed by atoms with Crippen molar-refractivity contribution in [3.05, 3.63) is 102 Å². The van der Waals surface area contributed by atoms with E-state index in [2.05, 4.69) is 16.4 Å². The smallest absolute Gasteiger partial charge is 0.224 e. The summed E-state index contributed by atoms with van der Waals surface area (Å²) in [6.07, 6.45) is 2.22. The molecule has 0 fully saturated rings. The van der Waals surface area contributed by atoms with E-state index in [4.69, 9.17) is 4.74 Å². The highest BCUT2D eigenvalue weighted by molar-refractivity contribution is 5.84. The van der Waals surface area contributed by atoms with E-state index < -0.39 is 0 Å². The molecule has 4 aromatic rings. The zero-order valence-corrected chi connectivity index (χ0v) is 16.7. The molecule has 1 heterocycles. The molecule has 0 spiro atoms. The molecule has 0 aliphatic carbocycles. The molecular formula is C25H23FN2O2. The molecule has 4 rings (SSSR count). The first-order valence-corrected chi connectivity index (χ1v) is 9.85. The standard InChI is InChI=1S/C25H23FN2O2/c1-30-20-12-8-18(9-13-20)22(23-16-27-24-5-3-2-4-21(23)24)15-28-25(29)14-17-6-10-19(26)11-7-17/h2-13,16,22,27H,14-15H2,1H3,(H,28,29). The Morgan fingerprint density at radius 3 is 2.50 bits per heavy atom. The Hall–Kier alpha value is -3.60. The van der Waals surface area contributed by atoms with Crippen LogP contribution in [0.2, 0.25) is 0 Å². The van der Waals surface area contributed by atoms with E-state index in [1.165, 1.54) is 12.1 Å². The second-order valence-corrected chi connectivity index (χ2v) is 7.22. The molecule has 0 saturated carbocycles. The molecule has 0 aliphatic heterocycles. The van der Waals surface area contributed by atoms with Crippen LogP contribution in [0.4, 0.5) is 4.39 Å². The highest BCUT2D eigenvalue weighted by Crippen LogP contribution is 2.31. The van der Waals surface area contributed by atoms with Crippen molar-refractivity contribution in [2.24, 2.45) is 0 Å². The van der Waals surface area contributed by atoms with Gasteiger partial charge in [0, 0.05) is 29.6 Å². The number of rotatable bonds is 7. The first-order valence-electron chi connectivity index (χ1n) is 9.85. The van der Waals surface area contributed by atoms with Crippen LogP contribution in [0, 0.1) is 5.82 Å². The second-order valence-electron chi connectivity index (χ2n) is 7.22. The summed E-state index contributed by atoms with van der Waals surface area (Å²) in [5.74, 6) is 0.360. The van der Waals surface area contributed by atoms with Gasteiger partial charge in [-0.3, -0.25) is 4.79 Å². The van der Waals surface area contributed by atoms with Crippen LogP contribution in [0.25, 0.3) is 10.9 Å². The van der Waals surface area contributed by atoms with Gasteiger partial charge in [-0.25, -0.2) is 4.39 Å². The van der Waals surface area contributed by atoms with Crippen molar-refractivity contribution in [1.82, 2.24) is 10.3 Å². The third kappa shape index (κ3) is 4.35. The number of nitrogens with one attached hydrogen (secondary N) is 2. The number of aromatic amines is 1. The lowest BCUT2D eigenvalue weighted by Gasteiger charge is -2.19. The monoisotopic (exact) mass is 402 g/mol. The van der Waals surface area contributed by atoms with Crippen molar-refractivity contribution in [3.63, 3.8) is 0 Å². The topological polar surface area (TPSA) is 54.1 Å². The first-order chi connectivity index (χ1) is 14.6. The number of fused-ring (bicyclic) bond motifs is 1. The molecule has 5 heteroatoms. The quantitative estimate of drug-likeness (QED) is 0.466. The van der Waals surface area contributed by atoms with Gasteiger partial charge in [-0.2, -0.15) is 0 Å². The van der Waals surface area contributed by atoms with Crippen LogP contribution < -0.4 is 10.1 Å². The summed E-state index contributed by atoms with van der Waals surface area (Å²) in [6.45, 7) is 0.453. The van der Waals surface area contributed by atoms with Gasteiger partial charge in [0.25, 0.3) is 0 Å². The predicted octanol–water partition coefficient (Wildman–Crippen LogP) is 4.81. The molecule has 0 aliphatic rings. The summed E-state index contributed by atoms with van der Waals surface area (Å²) in [4.78, 5) is 15.9. The van der Waals surface area contributed by atoms with Crippen LogP contribution >= 0.6 is 0 Å². The van der Waals surface area contributed by atoms with Crippen molar-refractivity contribution in [2.45, 2.75) is 12.3 Å². The average molecular weight is 402 g/mol. The minimum atomic E-state index is -0.307. The summed E-state index contributed by atoms with van der Waals surface area (Å²) in [7, 11) is 1.64. The lowest BCUT2D eigenvalue weighted by Crippen LogP contribution is -2.30. The second kappa shape index (κ2) is 8.82. The molecule has 1 amide bonds. The molecule has 1 unspecified atom stereocenters. The average Bonchev–Trinajstić information content (AvgIpc) is 3.20. The van der Waals surface area contributed by atoms with Gasteiger partial charge in [-0.05, 0) is 47.0 Å². The Morgan fingerprint density at radius 2 is 1.77 bits per heavy atom. The maximum atomic E-state index is 13.1. The van der Waals surface area contributed by atoms with E-state index in [1.54, 1.807) is 19.2 Å². The van der Waals surface area contributed by atoms with Gasteiger partial charge < -0.3 is 15.0 Å². The number of aromatic nitrogens is 1. The van der Waals surface area contributed by atoms with Gasteiger partial charge in [0.1, 0.15) is 11.6 Å². The molecule has 0 saturated heterocycles. The molecule has 152 valence electrons. The van der Waals surface area contributed by atoms with Crippen LogP contribution in [0.1, 0.15) is 22.6 Å². The number of H-pyrrole nitrogens is 1. The number of para-hydroxylation sites is 1. The zero-order chi connectivity index (χ0) is 20.9. The Balaban J connectivity index is 1.57. The molecule has 0 radical (unpaired) electrons. The van der Waals surface area contributed by atoms with E-state index in [0.717, 1.165) is 33.3 Å². The van der Waals surface area contributed by atoms with Gasteiger partial charge in [-0.15, -0.1) is 0 Å². The molecular weight excluding hydrogens is 379 g/mol. The molecule has 30 heavy (non-hydrogen) atoms. The van der Waals surface area contributed by atoms with Crippen molar-refractivity contribution in [1.29, 1.82) is 0 Å². The lowest BCUT2D eigenvalue weighted by molar-refractivity contribution is -0.120. The zero-order valence-electron chi connectivity index (χ0n) is 16.7. The Labute approximate surface area is 174 Å². The maximum absolute atomic E-state index is 13.1. The maximum Gasteiger partial charge on any atom is 0.224 e. The molecule has 1 aromatic heterocycles. The molecule has 4 nitrogen and oxygen atoms in total. The van der Waals surface area contributed by atoms with Crippen LogP contribution in [0.3, 0.4) is 0 Å². The van der Waals surface area contributed by atoms with Crippen molar-refractivity contribution >= 4 is 16.8 Å². The van der Waals surface area contributed by atoms with E-state index in [-0.39, 0.29) is 24.1 Å². The van der Waals surface area contributed by atoms with Crippen LogP contribution in [-0.2, 0) is 11.2 Å². The van der Waals surface area contributed by atoms with Gasteiger partial charge in [0.15, 0.2) is 0 Å². The number of methoxy groups -OCH3 is 1. The number of benzene rings is 3. The largest absolute Gasteiger partial charge is 0.497 e. The van der Waals surface area contributed by atoms with E-state index in [0.29, 0.717) is 6.54 Å². The van der Waals surface area contributed by atoms with E-state index >= 15 is 0 Å². The third-order valence-corrected chi connectivity index (χ3v) is 5.30. The molecule has 1 atom stereocenters. The van der Waals surface area contributed by atoms with E-state index in [1.807, 2.05) is 48.7 Å². The number of carbonyl (C=O) groups is 1. The summed E-state index contributed by atoms with van der Waals surface area (Å²) in [5, 5.41) is 4.18. The van der Waals surface area contributed by atoms with E-state index in [9.17, 15) is 9.18 Å². The highest BCUT2D eigenvalue weighted by Gasteiger charge is 2.19. The van der Waals surface area contributed by atoms with Crippen molar-refractivity contribution in [2.75, 3.05) is 13.7 Å². The predicted molar refractivity (Wildman–Crippen MR) is 116 cm³/mol. The Bertz CT molecular complexity index is 1130. The van der Waals surface area contributed by atoms with Crippen LogP contribution in [0.5, 0.6) is 5.75 Å². The molecule has 2 N–H and O–H groups in total. The fourth-order valence-corrected chi connectivity index (χ4v) is 3.69. The van der Waals surface area contributed by atoms with Gasteiger partial charge in [0.2, 0.25) is 5.91 Å². The van der Waals surface area contributed by atoms with Crippen molar-refractivity contribution in [3.8, 4) is 5.75 Å². The van der Waals surface area contributed by atoms with Gasteiger partial charge in [-0.1, -0.05) is 42.5 Å². The van der Waals surface area contributed by atoms with Crippen molar-refractivity contribution < 1.29 is 13.9 Å². The van der Waals surface area contributed by atoms with Crippen LogP contribution in [-0.4, -0.2) is 24.5 Å². The Kier molecular flexibility index (Phi) is 5.80. The molecule has 3 aromatic carbocycles. The minimum absolute atomic E-state index is 0.0239.